The van der Waals surface area contributed by atoms with E-state index in [0.29, 0.717) is 12.4 Å². The van der Waals surface area contributed by atoms with Crippen molar-refractivity contribution in [3.05, 3.63) is 24.3 Å². The van der Waals surface area contributed by atoms with Crippen molar-refractivity contribution in [1.82, 2.24) is 4.90 Å². The molecule has 1 aromatic rings. The van der Waals surface area contributed by atoms with Crippen molar-refractivity contribution < 1.29 is 22.7 Å². The molecule has 1 amide bonds. The molecule has 1 saturated heterocycles. The number of nitrogens with zero attached hydrogens (tertiary/aromatic N) is 1. The van der Waals surface area contributed by atoms with Crippen LogP contribution in [0.4, 0.5) is 0 Å². The number of likely N-dealkylation sites (tertiary alicyclic amines) is 1. The van der Waals surface area contributed by atoms with Crippen LogP contribution >= 0.6 is 0 Å². The Morgan fingerprint density at radius 1 is 1.24 bits per heavy atom. The number of hydrogen-bond acceptors (Lipinski definition) is 5. The maximum absolute atomic E-state index is 12.4. The highest BCUT2D eigenvalue weighted by Gasteiger charge is 2.40. The van der Waals surface area contributed by atoms with Crippen molar-refractivity contribution in [2.75, 3.05) is 33.9 Å². The van der Waals surface area contributed by atoms with E-state index in [1.165, 1.54) is 26.4 Å². The highest BCUT2D eigenvalue weighted by molar-refractivity contribution is 7.92. The number of amides is 1. The summed E-state index contributed by atoms with van der Waals surface area (Å²) >= 11 is 0. The summed E-state index contributed by atoms with van der Waals surface area (Å²) in [4.78, 5) is 13.5. The lowest BCUT2D eigenvalue weighted by Crippen LogP contribution is -2.56. The van der Waals surface area contributed by atoms with Gasteiger partial charge in [0.25, 0.3) is 0 Å². The lowest BCUT2D eigenvalue weighted by atomic mass is 10.2. The molecule has 0 aliphatic carbocycles. The van der Waals surface area contributed by atoms with E-state index in [-0.39, 0.29) is 30.3 Å². The van der Waals surface area contributed by atoms with Gasteiger partial charge in [0, 0.05) is 20.2 Å². The minimum Gasteiger partial charge on any atom is -0.497 e. The Morgan fingerprint density at radius 2 is 1.86 bits per heavy atom. The SMILES string of the molecule is COCCC(=O)N1CC(S(=O)(=O)c2ccc(OC)cc2)C1. The van der Waals surface area contributed by atoms with Crippen molar-refractivity contribution in [2.24, 2.45) is 0 Å². The molecule has 116 valence electrons. The van der Waals surface area contributed by atoms with Crippen LogP contribution in [0, 0.1) is 0 Å². The zero-order valence-corrected chi connectivity index (χ0v) is 12.9. The van der Waals surface area contributed by atoms with Crippen molar-refractivity contribution in [1.29, 1.82) is 0 Å². The van der Waals surface area contributed by atoms with Crippen molar-refractivity contribution >= 4 is 15.7 Å². The Balaban J connectivity index is 1.98. The molecule has 1 aliphatic rings. The van der Waals surface area contributed by atoms with E-state index in [1.807, 2.05) is 0 Å². The molecule has 0 aromatic heterocycles. The van der Waals surface area contributed by atoms with Gasteiger partial charge >= 0.3 is 0 Å². The summed E-state index contributed by atoms with van der Waals surface area (Å²) in [5.74, 6) is 0.539. The average molecular weight is 313 g/mol. The summed E-state index contributed by atoms with van der Waals surface area (Å²) in [6, 6.07) is 6.30. The fourth-order valence-electron chi connectivity index (χ4n) is 2.14. The fourth-order valence-corrected chi connectivity index (χ4v) is 3.80. The molecule has 0 radical (unpaired) electrons. The van der Waals surface area contributed by atoms with Gasteiger partial charge in [-0.1, -0.05) is 0 Å². The number of benzene rings is 1. The smallest absolute Gasteiger partial charge is 0.224 e. The molecule has 7 heteroatoms. The maximum Gasteiger partial charge on any atom is 0.224 e. The minimum atomic E-state index is -3.39. The van der Waals surface area contributed by atoms with E-state index >= 15 is 0 Å². The van der Waals surface area contributed by atoms with Gasteiger partial charge in [-0.25, -0.2) is 8.42 Å². The summed E-state index contributed by atoms with van der Waals surface area (Å²) in [6.45, 7) is 0.846. The van der Waals surface area contributed by atoms with Crippen LogP contribution in [-0.2, 0) is 19.4 Å². The first-order chi connectivity index (χ1) is 9.98. The van der Waals surface area contributed by atoms with Crippen molar-refractivity contribution in [3.63, 3.8) is 0 Å². The van der Waals surface area contributed by atoms with Crippen LogP contribution in [0.1, 0.15) is 6.42 Å². The van der Waals surface area contributed by atoms with Gasteiger partial charge in [0.1, 0.15) is 11.0 Å². The predicted octanol–water partition coefficient (Wildman–Crippen LogP) is 0.716. The number of ether oxygens (including phenoxy) is 2. The Hall–Kier alpha value is -1.60. The average Bonchev–Trinajstić information content (AvgIpc) is 2.43. The monoisotopic (exact) mass is 313 g/mol. The maximum atomic E-state index is 12.4. The summed E-state index contributed by atoms with van der Waals surface area (Å²) in [6.07, 6.45) is 0.284. The van der Waals surface area contributed by atoms with Gasteiger partial charge < -0.3 is 14.4 Å². The molecule has 1 heterocycles. The highest BCUT2D eigenvalue weighted by atomic mass is 32.2. The molecule has 0 spiro atoms. The van der Waals surface area contributed by atoms with Gasteiger partial charge in [0.15, 0.2) is 9.84 Å². The molecule has 0 N–H and O–H groups in total. The summed E-state index contributed by atoms with van der Waals surface area (Å²) < 4.78 is 34.6. The van der Waals surface area contributed by atoms with Gasteiger partial charge in [0.05, 0.1) is 25.0 Å². The molecule has 0 bridgehead atoms. The van der Waals surface area contributed by atoms with E-state index in [0.717, 1.165) is 0 Å². The summed E-state index contributed by atoms with van der Waals surface area (Å²) in [7, 11) is -0.340. The Morgan fingerprint density at radius 3 is 2.38 bits per heavy atom. The molecule has 1 aromatic carbocycles. The second kappa shape index (κ2) is 6.44. The molecule has 0 atom stereocenters. The third-order valence-electron chi connectivity index (χ3n) is 3.55. The van der Waals surface area contributed by atoms with E-state index in [9.17, 15) is 13.2 Å². The summed E-state index contributed by atoms with van der Waals surface area (Å²) in [5.41, 5.74) is 0. The van der Waals surface area contributed by atoms with E-state index < -0.39 is 15.1 Å². The van der Waals surface area contributed by atoms with Gasteiger partial charge in [-0.3, -0.25) is 4.79 Å². The van der Waals surface area contributed by atoms with Crippen LogP contribution in [0.25, 0.3) is 0 Å². The van der Waals surface area contributed by atoms with Crippen LogP contribution < -0.4 is 4.74 Å². The molecule has 2 rings (SSSR count). The van der Waals surface area contributed by atoms with Crippen LogP contribution in [0.15, 0.2) is 29.2 Å². The zero-order valence-electron chi connectivity index (χ0n) is 12.1. The van der Waals surface area contributed by atoms with E-state index in [4.69, 9.17) is 9.47 Å². The first-order valence-corrected chi connectivity index (χ1v) is 8.18. The standard InChI is InChI=1S/C14H19NO5S/c1-19-8-7-14(16)15-9-13(10-15)21(17,18)12-5-3-11(20-2)4-6-12/h3-6,13H,7-10H2,1-2H3. The van der Waals surface area contributed by atoms with Crippen LogP contribution in [0.5, 0.6) is 5.75 Å². The number of carbonyl (C=O) groups is 1. The lowest BCUT2D eigenvalue weighted by Gasteiger charge is -2.38. The first kappa shape index (κ1) is 15.8. The quantitative estimate of drug-likeness (QED) is 0.773. The van der Waals surface area contributed by atoms with Crippen molar-refractivity contribution in [3.8, 4) is 5.75 Å². The second-order valence-electron chi connectivity index (χ2n) is 4.88. The molecule has 6 nitrogen and oxygen atoms in total. The molecule has 21 heavy (non-hydrogen) atoms. The lowest BCUT2D eigenvalue weighted by molar-refractivity contribution is -0.135. The van der Waals surface area contributed by atoms with Gasteiger partial charge in [-0.15, -0.1) is 0 Å². The number of methoxy groups -OCH3 is 2. The Bertz CT molecular complexity index is 590. The second-order valence-corrected chi connectivity index (χ2v) is 7.11. The van der Waals surface area contributed by atoms with Crippen LogP contribution in [0.3, 0.4) is 0 Å². The third kappa shape index (κ3) is 3.36. The zero-order chi connectivity index (χ0) is 15.5. The van der Waals surface area contributed by atoms with Gasteiger partial charge in [-0.2, -0.15) is 0 Å². The fraction of sp³-hybridized carbons (Fsp3) is 0.500. The Labute approximate surface area is 124 Å². The van der Waals surface area contributed by atoms with E-state index in [2.05, 4.69) is 0 Å². The first-order valence-electron chi connectivity index (χ1n) is 6.63. The van der Waals surface area contributed by atoms with E-state index in [1.54, 1.807) is 17.0 Å². The number of sulfone groups is 1. The topological polar surface area (TPSA) is 72.9 Å². The molecular formula is C14H19NO5S. The number of carbonyl (C=O) groups excluding carboxylic acids is 1. The summed E-state index contributed by atoms with van der Waals surface area (Å²) in [5, 5.41) is -0.530. The number of rotatable bonds is 6. The largest absolute Gasteiger partial charge is 0.497 e. The molecule has 1 fully saturated rings. The van der Waals surface area contributed by atoms with Crippen LogP contribution in [-0.4, -0.2) is 58.4 Å². The molecule has 0 saturated carbocycles. The van der Waals surface area contributed by atoms with Crippen molar-refractivity contribution in [2.45, 2.75) is 16.6 Å². The van der Waals surface area contributed by atoms with Crippen LogP contribution in [0.2, 0.25) is 0 Å². The Kier molecular flexibility index (Phi) is 4.84. The molecular weight excluding hydrogens is 294 g/mol. The number of hydrogen-bond donors (Lipinski definition) is 0. The normalized spacial score (nSPS) is 15.6. The van der Waals surface area contributed by atoms with Gasteiger partial charge in [-0.05, 0) is 24.3 Å². The highest BCUT2D eigenvalue weighted by Crippen LogP contribution is 2.25. The van der Waals surface area contributed by atoms with Gasteiger partial charge in [0.2, 0.25) is 5.91 Å². The molecule has 0 unspecified atom stereocenters. The minimum absolute atomic E-state index is 0.0713. The third-order valence-corrected chi connectivity index (χ3v) is 5.65. The molecule has 1 aliphatic heterocycles. The predicted molar refractivity (Wildman–Crippen MR) is 77.0 cm³/mol.